The van der Waals surface area contributed by atoms with E-state index in [1.165, 1.54) is 32.1 Å². The first-order valence-electron chi connectivity index (χ1n) is 6.95. The van der Waals surface area contributed by atoms with E-state index in [0.29, 0.717) is 6.04 Å². The minimum Gasteiger partial charge on any atom is -0.364 e. The van der Waals surface area contributed by atoms with Gasteiger partial charge < -0.3 is 9.84 Å². The van der Waals surface area contributed by atoms with Crippen molar-refractivity contribution in [3.8, 4) is 0 Å². The summed E-state index contributed by atoms with van der Waals surface area (Å²) in [7, 11) is 0. The number of aromatic nitrogens is 1. The predicted molar refractivity (Wildman–Crippen MR) is 73.7 cm³/mol. The summed E-state index contributed by atoms with van der Waals surface area (Å²) < 4.78 is 5.32. The van der Waals surface area contributed by atoms with Gasteiger partial charge in [-0.25, -0.2) is 0 Å². The van der Waals surface area contributed by atoms with E-state index in [1.54, 1.807) is 0 Å². The minimum absolute atomic E-state index is 0.471. The molecule has 1 unspecified atom stereocenters. The first kappa shape index (κ1) is 11.6. The maximum atomic E-state index is 5.32. The first-order valence-corrected chi connectivity index (χ1v) is 6.95. The number of rotatable bonds is 3. The Morgan fingerprint density at radius 3 is 2.83 bits per heavy atom. The average molecular weight is 244 g/mol. The summed E-state index contributed by atoms with van der Waals surface area (Å²) in [5.74, 6) is 1.66. The van der Waals surface area contributed by atoms with Crippen molar-refractivity contribution in [2.24, 2.45) is 5.92 Å². The largest absolute Gasteiger partial charge is 0.364 e. The Kier molecular flexibility index (Phi) is 3.22. The summed E-state index contributed by atoms with van der Waals surface area (Å²) in [6.45, 7) is 2.26. The third-order valence-corrected chi connectivity index (χ3v) is 4.10. The van der Waals surface area contributed by atoms with Gasteiger partial charge in [-0.1, -0.05) is 36.6 Å². The van der Waals surface area contributed by atoms with Crippen LogP contribution >= 0.6 is 0 Å². The zero-order chi connectivity index (χ0) is 12.4. The fourth-order valence-electron chi connectivity index (χ4n) is 2.96. The number of anilines is 1. The van der Waals surface area contributed by atoms with Gasteiger partial charge in [-0.05, 0) is 37.8 Å². The Bertz CT molecular complexity index is 514. The van der Waals surface area contributed by atoms with Gasteiger partial charge in [0.15, 0.2) is 11.4 Å². The van der Waals surface area contributed by atoms with Gasteiger partial charge in [0.1, 0.15) is 0 Å². The molecule has 1 saturated carbocycles. The average Bonchev–Trinajstić information content (AvgIpc) is 2.83. The molecule has 3 heteroatoms. The van der Waals surface area contributed by atoms with Gasteiger partial charge in [-0.15, -0.1) is 0 Å². The van der Waals surface area contributed by atoms with Gasteiger partial charge in [0, 0.05) is 6.04 Å². The van der Waals surface area contributed by atoms with Crippen molar-refractivity contribution < 1.29 is 4.52 Å². The highest BCUT2D eigenvalue weighted by molar-refractivity contribution is 5.87. The maximum Gasteiger partial charge on any atom is 0.177 e. The molecule has 0 radical (unpaired) electrons. The molecule has 3 nitrogen and oxygen atoms in total. The molecule has 3 rings (SSSR count). The zero-order valence-corrected chi connectivity index (χ0v) is 10.9. The summed E-state index contributed by atoms with van der Waals surface area (Å²) in [4.78, 5) is 0. The van der Waals surface area contributed by atoms with Crippen molar-refractivity contribution in [1.82, 2.24) is 5.16 Å². The van der Waals surface area contributed by atoms with Gasteiger partial charge in [0.2, 0.25) is 0 Å². The van der Waals surface area contributed by atoms with Crippen LogP contribution < -0.4 is 5.32 Å². The lowest BCUT2D eigenvalue weighted by Crippen LogP contribution is -2.27. The molecule has 1 fully saturated rings. The number of benzene rings is 1. The van der Waals surface area contributed by atoms with E-state index < -0.39 is 0 Å². The molecule has 96 valence electrons. The lowest BCUT2D eigenvalue weighted by molar-refractivity contribution is 0.327. The smallest absolute Gasteiger partial charge is 0.177 e. The van der Waals surface area contributed by atoms with Crippen LogP contribution in [0.3, 0.4) is 0 Å². The topological polar surface area (TPSA) is 38.1 Å². The second-order valence-electron chi connectivity index (χ2n) is 5.36. The van der Waals surface area contributed by atoms with Crippen LogP contribution in [0.5, 0.6) is 0 Å². The van der Waals surface area contributed by atoms with Gasteiger partial charge in [0.05, 0.1) is 5.39 Å². The maximum absolute atomic E-state index is 5.32. The molecule has 1 heterocycles. The van der Waals surface area contributed by atoms with Crippen molar-refractivity contribution in [2.75, 3.05) is 5.32 Å². The normalized spacial score (nSPS) is 18.9. The molecule has 0 bridgehead atoms. The third kappa shape index (κ3) is 2.22. The number of hydrogen-bond donors (Lipinski definition) is 1. The lowest BCUT2D eigenvalue weighted by Gasteiger charge is -2.28. The molecule has 2 aromatic rings. The Morgan fingerprint density at radius 2 is 2.00 bits per heavy atom. The lowest BCUT2D eigenvalue weighted by atomic mass is 9.84. The SMILES string of the molecule is CC(Nc1noc2ccccc12)C1CCCCC1. The zero-order valence-electron chi connectivity index (χ0n) is 10.9. The van der Waals surface area contributed by atoms with Crippen molar-refractivity contribution in [3.63, 3.8) is 0 Å². The molecule has 1 aliphatic carbocycles. The number of fused-ring (bicyclic) bond motifs is 1. The quantitative estimate of drug-likeness (QED) is 0.879. The number of nitrogens with zero attached hydrogens (tertiary/aromatic N) is 1. The predicted octanol–water partition coefficient (Wildman–Crippen LogP) is 4.21. The first-order chi connectivity index (χ1) is 8.84. The summed E-state index contributed by atoms with van der Waals surface area (Å²) in [5.41, 5.74) is 0.857. The highest BCUT2D eigenvalue weighted by Crippen LogP contribution is 2.29. The second-order valence-corrected chi connectivity index (χ2v) is 5.36. The highest BCUT2D eigenvalue weighted by atomic mass is 16.5. The van der Waals surface area contributed by atoms with Crippen LogP contribution in [-0.4, -0.2) is 11.2 Å². The Morgan fingerprint density at radius 1 is 1.22 bits per heavy atom. The molecule has 0 aliphatic heterocycles. The van der Waals surface area contributed by atoms with Crippen LogP contribution in [0.4, 0.5) is 5.82 Å². The van der Waals surface area contributed by atoms with Crippen molar-refractivity contribution in [1.29, 1.82) is 0 Å². The van der Waals surface area contributed by atoms with Crippen LogP contribution in [-0.2, 0) is 0 Å². The Balaban J connectivity index is 1.75. The van der Waals surface area contributed by atoms with Crippen molar-refractivity contribution in [3.05, 3.63) is 24.3 Å². The van der Waals surface area contributed by atoms with E-state index in [1.807, 2.05) is 18.2 Å². The monoisotopic (exact) mass is 244 g/mol. The van der Waals surface area contributed by atoms with E-state index in [0.717, 1.165) is 22.7 Å². The molecule has 0 spiro atoms. The molecular formula is C15H20N2O. The van der Waals surface area contributed by atoms with Crippen LogP contribution in [0.1, 0.15) is 39.0 Å². The fraction of sp³-hybridized carbons (Fsp3) is 0.533. The van der Waals surface area contributed by atoms with Gasteiger partial charge in [-0.3, -0.25) is 0 Å². The van der Waals surface area contributed by atoms with E-state index >= 15 is 0 Å². The molecule has 18 heavy (non-hydrogen) atoms. The number of nitrogens with one attached hydrogen (secondary N) is 1. The summed E-state index contributed by atoms with van der Waals surface area (Å²) >= 11 is 0. The summed E-state index contributed by atoms with van der Waals surface area (Å²) in [6.07, 6.45) is 6.82. The van der Waals surface area contributed by atoms with Gasteiger partial charge >= 0.3 is 0 Å². The van der Waals surface area contributed by atoms with Gasteiger partial charge in [0.25, 0.3) is 0 Å². The molecular weight excluding hydrogens is 224 g/mol. The van der Waals surface area contributed by atoms with Crippen LogP contribution in [0.2, 0.25) is 0 Å². The Hall–Kier alpha value is -1.51. The van der Waals surface area contributed by atoms with Crippen LogP contribution in [0.25, 0.3) is 11.0 Å². The van der Waals surface area contributed by atoms with Crippen LogP contribution in [0, 0.1) is 5.92 Å². The van der Waals surface area contributed by atoms with E-state index in [-0.39, 0.29) is 0 Å². The molecule has 1 aliphatic rings. The highest BCUT2D eigenvalue weighted by Gasteiger charge is 2.21. The van der Waals surface area contributed by atoms with E-state index in [2.05, 4.69) is 23.5 Å². The van der Waals surface area contributed by atoms with Crippen molar-refractivity contribution in [2.45, 2.75) is 45.1 Å². The number of hydrogen-bond acceptors (Lipinski definition) is 3. The molecule has 1 aromatic heterocycles. The fourth-order valence-corrected chi connectivity index (χ4v) is 2.96. The van der Waals surface area contributed by atoms with E-state index in [4.69, 9.17) is 4.52 Å². The Labute approximate surface area is 108 Å². The second kappa shape index (κ2) is 5.01. The van der Waals surface area contributed by atoms with Crippen LogP contribution in [0.15, 0.2) is 28.8 Å². The molecule has 0 saturated heterocycles. The molecule has 1 aromatic carbocycles. The van der Waals surface area contributed by atoms with E-state index in [9.17, 15) is 0 Å². The minimum atomic E-state index is 0.471. The van der Waals surface area contributed by atoms with Gasteiger partial charge in [-0.2, -0.15) is 0 Å². The standard InChI is InChI=1S/C15H20N2O/c1-11(12-7-3-2-4-8-12)16-15-13-9-5-6-10-14(13)18-17-15/h5-6,9-12H,2-4,7-8H2,1H3,(H,16,17). The summed E-state index contributed by atoms with van der Waals surface area (Å²) in [6, 6.07) is 8.48. The molecule has 1 atom stereocenters. The molecule has 0 amide bonds. The number of para-hydroxylation sites is 1. The summed E-state index contributed by atoms with van der Waals surface area (Å²) in [5, 5.41) is 8.76. The molecule has 1 N–H and O–H groups in total. The van der Waals surface area contributed by atoms with Crippen molar-refractivity contribution >= 4 is 16.8 Å². The third-order valence-electron chi connectivity index (χ3n) is 4.10.